The van der Waals surface area contributed by atoms with Crippen molar-refractivity contribution in [3.63, 3.8) is 0 Å². The predicted octanol–water partition coefficient (Wildman–Crippen LogP) is 14.9. The molecule has 3 aromatic heterocycles. The van der Waals surface area contributed by atoms with Crippen LogP contribution in [0.4, 0.5) is 11.4 Å². The van der Waals surface area contributed by atoms with Crippen LogP contribution in [-0.2, 0) is 0 Å². The molecule has 4 heterocycles. The Hall–Kier alpha value is -8.08. The third-order valence-corrected chi connectivity index (χ3v) is 13.7. The maximum absolute atomic E-state index is 2.58. The first-order chi connectivity index (χ1) is 30.8. The number of allylic oxidation sites excluding steroid dienone is 2. The smallest absolute Gasteiger partial charge is 0.0788 e. The van der Waals surface area contributed by atoms with Gasteiger partial charge in [-0.2, -0.15) is 0 Å². The number of nitrogens with zero attached hydrogens (tertiary/aromatic N) is 4. The van der Waals surface area contributed by atoms with Crippen LogP contribution in [0.1, 0.15) is 11.5 Å². The fraction of sp³-hybridized carbons (Fsp3) is 0.0345. The summed E-state index contributed by atoms with van der Waals surface area (Å²) in [6.07, 6.45) is 9.24. The average Bonchev–Trinajstić information content (AvgIpc) is 4.07. The third-order valence-electron chi connectivity index (χ3n) is 13.7. The van der Waals surface area contributed by atoms with Crippen LogP contribution in [-0.4, -0.2) is 19.7 Å². The molecule has 9 aromatic carbocycles. The highest BCUT2D eigenvalue weighted by Crippen LogP contribution is 2.52. The molecule has 62 heavy (non-hydrogen) atoms. The summed E-state index contributed by atoms with van der Waals surface area (Å²) in [5.74, 6) is 0.210. The molecule has 0 saturated carbocycles. The van der Waals surface area contributed by atoms with Gasteiger partial charge in [-0.3, -0.25) is 0 Å². The number of rotatable bonds is 4. The standard InChI is InChI=1S/C58H38N4/c1-3-15-39(16-4-1)60-50-23-11-7-19-43(50)46-33-34-54-55(56(46)60)49-22-10-14-26-53(49)59(54)41-29-27-38-36-42(30-28-37(38)35-41)62-52-25-13-9-21-45(52)48-32-31-47-44-20-8-12-24-51(44)61(57(47)58(48)62)40-17-5-2-6-18-40/h1-36,49,53H. The van der Waals surface area contributed by atoms with Gasteiger partial charge in [-0.25, -0.2) is 0 Å². The highest BCUT2D eigenvalue weighted by atomic mass is 15.2. The molecule has 2 unspecified atom stereocenters. The van der Waals surface area contributed by atoms with Gasteiger partial charge in [-0.05, 0) is 83.6 Å². The predicted molar refractivity (Wildman–Crippen MR) is 260 cm³/mol. The summed E-state index contributed by atoms with van der Waals surface area (Å²) in [6.45, 7) is 0. The molecule has 0 amide bonds. The van der Waals surface area contributed by atoms with E-state index in [0.717, 1.165) is 11.4 Å². The number of aromatic nitrogens is 3. The second-order valence-electron chi connectivity index (χ2n) is 16.9. The fourth-order valence-corrected chi connectivity index (χ4v) is 11.2. The van der Waals surface area contributed by atoms with Gasteiger partial charge in [0.05, 0.1) is 39.1 Å². The molecule has 4 nitrogen and oxygen atoms in total. The van der Waals surface area contributed by atoms with Crippen molar-refractivity contribution in [2.75, 3.05) is 4.90 Å². The average molecular weight is 791 g/mol. The Bertz CT molecular complexity index is 3880. The number of hydrogen-bond donors (Lipinski definition) is 0. The van der Waals surface area contributed by atoms with Gasteiger partial charge in [0.2, 0.25) is 0 Å². The van der Waals surface area contributed by atoms with E-state index in [1.165, 1.54) is 98.8 Å². The molecular formula is C58H38N4. The van der Waals surface area contributed by atoms with E-state index in [9.17, 15) is 0 Å². The van der Waals surface area contributed by atoms with E-state index >= 15 is 0 Å². The van der Waals surface area contributed by atoms with Crippen molar-refractivity contribution in [2.24, 2.45) is 0 Å². The molecule has 0 saturated heterocycles. The molecule has 0 radical (unpaired) electrons. The molecule has 1 aliphatic carbocycles. The lowest BCUT2D eigenvalue weighted by Crippen LogP contribution is -2.28. The van der Waals surface area contributed by atoms with Gasteiger partial charge >= 0.3 is 0 Å². The van der Waals surface area contributed by atoms with E-state index in [1.54, 1.807) is 0 Å². The van der Waals surface area contributed by atoms with E-state index in [-0.39, 0.29) is 12.0 Å². The monoisotopic (exact) mass is 790 g/mol. The first kappa shape index (κ1) is 33.7. The molecule has 290 valence electrons. The quantitative estimate of drug-likeness (QED) is 0.174. The lowest BCUT2D eigenvalue weighted by molar-refractivity contribution is 0.746. The Morgan fingerprint density at radius 2 is 0.774 bits per heavy atom. The van der Waals surface area contributed by atoms with Crippen LogP contribution in [0.3, 0.4) is 0 Å². The lowest BCUT2D eigenvalue weighted by atomic mass is 9.90. The number of para-hydroxylation sites is 5. The Balaban J connectivity index is 0.969. The van der Waals surface area contributed by atoms with Crippen LogP contribution in [0, 0.1) is 0 Å². The SMILES string of the molecule is C1=CC2c3c(ccc4c5ccccc5n(-c5ccccc5)c34)N(c3ccc4cc(-n5c6ccccc6c6ccc7c8ccccc8n(-c8ccccc8)c7c65)ccc4c3)C2C=C1. The minimum atomic E-state index is 0.163. The van der Waals surface area contributed by atoms with Crippen molar-refractivity contribution in [2.45, 2.75) is 12.0 Å². The van der Waals surface area contributed by atoms with Crippen molar-refractivity contribution >= 4 is 87.6 Å². The van der Waals surface area contributed by atoms with Crippen molar-refractivity contribution in [1.82, 2.24) is 13.7 Å². The highest BCUT2D eigenvalue weighted by molar-refractivity contribution is 6.24. The van der Waals surface area contributed by atoms with Gasteiger partial charge in [0.25, 0.3) is 0 Å². The molecule has 12 aromatic rings. The Morgan fingerprint density at radius 1 is 0.323 bits per heavy atom. The summed E-state index contributed by atoms with van der Waals surface area (Å²) in [5, 5.41) is 10.0. The van der Waals surface area contributed by atoms with E-state index in [2.05, 4.69) is 237 Å². The van der Waals surface area contributed by atoms with Gasteiger partial charge in [0.15, 0.2) is 0 Å². The molecule has 2 atom stereocenters. The van der Waals surface area contributed by atoms with Crippen molar-refractivity contribution in [3.8, 4) is 17.1 Å². The number of anilines is 2. The second kappa shape index (κ2) is 12.7. The van der Waals surface area contributed by atoms with Crippen LogP contribution < -0.4 is 4.90 Å². The Morgan fingerprint density at radius 3 is 1.37 bits per heavy atom. The minimum Gasteiger partial charge on any atom is -0.333 e. The summed E-state index contributed by atoms with van der Waals surface area (Å²) in [4.78, 5) is 2.58. The van der Waals surface area contributed by atoms with Gasteiger partial charge in [0, 0.05) is 72.2 Å². The van der Waals surface area contributed by atoms with E-state index in [0.29, 0.717) is 0 Å². The van der Waals surface area contributed by atoms with Crippen LogP contribution >= 0.6 is 0 Å². The summed E-state index contributed by atoms with van der Waals surface area (Å²) in [5.41, 5.74) is 14.7. The van der Waals surface area contributed by atoms with Crippen LogP contribution in [0.2, 0.25) is 0 Å². The number of fused-ring (bicyclic) bond motifs is 15. The largest absolute Gasteiger partial charge is 0.333 e. The Kier molecular flexibility index (Phi) is 6.92. The van der Waals surface area contributed by atoms with Gasteiger partial charge in [0.1, 0.15) is 0 Å². The lowest BCUT2D eigenvalue weighted by Gasteiger charge is -2.29. The van der Waals surface area contributed by atoms with Crippen molar-refractivity contribution < 1.29 is 0 Å². The zero-order chi connectivity index (χ0) is 40.5. The number of benzene rings is 9. The molecule has 0 N–H and O–H groups in total. The van der Waals surface area contributed by atoms with E-state index in [1.807, 2.05) is 0 Å². The Labute approximate surface area is 357 Å². The summed E-state index contributed by atoms with van der Waals surface area (Å²) in [6, 6.07) is 71.8. The second-order valence-corrected chi connectivity index (χ2v) is 16.9. The van der Waals surface area contributed by atoms with Gasteiger partial charge in [-0.1, -0.05) is 146 Å². The minimum absolute atomic E-state index is 0.163. The zero-order valence-corrected chi connectivity index (χ0v) is 33.7. The topological polar surface area (TPSA) is 18.0 Å². The fourth-order valence-electron chi connectivity index (χ4n) is 11.2. The molecule has 2 aliphatic rings. The van der Waals surface area contributed by atoms with Crippen molar-refractivity contribution in [3.05, 3.63) is 224 Å². The van der Waals surface area contributed by atoms with Gasteiger partial charge < -0.3 is 18.6 Å². The third kappa shape index (κ3) is 4.55. The molecule has 0 spiro atoms. The maximum Gasteiger partial charge on any atom is 0.0788 e. The molecule has 4 heteroatoms. The van der Waals surface area contributed by atoms with Crippen LogP contribution in [0.15, 0.2) is 218 Å². The normalized spacial score (nSPS) is 15.9. The highest BCUT2D eigenvalue weighted by Gasteiger charge is 2.40. The van der Waals surface area contributed by atoms with Crippen molar-refractivity contribution in [1.29, 1.82) is 0 Å². The molecule has 0 bridgehead atoms. The van der Waals surface area contributed by atoms with E-state index < -0.39 is 0 Å². The molecule has 14 rings (SSSR count). The summed E-state index contributed by atoms with van der Waals surface area (Å²) < 4.78 is 7.44. The molecule has 0 fully saturated rings. The van der Waals surface area contributed by atoms with E-state index in [4.69, 9.17) is 0 Å². The molecule has 1 aliphatic heterocycles. The first-order valence-electron chi connectivity index (χ1n) is 21.6. The van der Waals surface area contributed by atoms with Crippen LogP contribution in [0.25, 0.3) is 93.3 Å². The summed E-state index contributed by atoms with van der Waals surface area (Å²) in [7, 11) is 0. The number of hydrogen-bond acceptors (Lipinski definition) is 1. The van der Waals surface area contributed by atoms with Crippen LogP contribution in [0.5, 0.6) is 0 Å². The maximum atomic E-state index is 2.58. The zero-order valence-electron chi connectivity index (χ0n) is 33.7. The van der Waals surface area contributed by atoms with Gasteiger partial charge in [-0.15, -0.1) is 0 Å². The molecular weight excluding hydrogens is 753 g/mol. The summed E-state index contributed by atoms with van der Waals surface area (Å²) >= 11 is 0. The first-order valence-corrected chi connectivity index (χ1v) is 21.6.